The van der Waals surface area contributed by atoms with Crippen LogP contribution in [0.25, 0.3) is 10.8 Å². The maximum absolute atomic E-state index is 13.1. The highest BCUT2D eigenvalue weighted by Crippen LogP contribution is 2.27. The number of fused-ring (bicyclic) bond motifs is 1. The third kappa shape index (κ3) is 4.13. The van der Waals surface area contributed by atoms with E-state index >= 15 is 0 Å². The molecule has 0 saturated carbocycles. The largest absolute Gasteiger partial charge is 0.464 e. The maximum atomic E-state index is 13.1. The van der Waals surface area contributed by atoms with Crippen molar-refractivity contribution in [2.75, 3.05) is 20.1 Å². The molecule has 158 valence electrons. The lowest BCUT2D eigenvalue weighted by atomic mass is 9.96. The zero-order chi connectivity index (χ0) is 21.3. The SMILES string of the molecule is Cc1ccc(CN(C)C(=O)C2CCN(S(=O)(=O)c3ccc4ccccc4c3)CC2)o1. The lowest BCUT2D eigenvalue weighted by Gasteiger charge is -2.32. The lowest BCUT2D eigenvalue weighted by Crippen LogP contribution is -2.43. The Kier molecular flexibility index (Phi) is 5.66. The third-order valence-corrected chi connectivity index (χ3v) is 7.62. The van der Waals surface area contributed by atoms with Gasteiger partial charge >= 0.3 is 0 Å². The Morgan fingerprint density at radius 3 is 2.43 bits per heavy atom. The maximum Gasteiger partial charge on any atom is 0.243 e. The number of aryl methyl sites for hydroxylation is 1. The van der Waals surface area contributed by atoms with Gasteiger partial charge in [-0.2, -0.15) is 4.31 Å². The van der Waals surface area contributed by atoms with Crippen molar-refractivity contribution < 1.29 is 17.6 Å². The van der Waals surface area contributed by atoms with Gasteiger partial charge in [-0.05, 0) is 54.8 Å². The molecule has 1 aromatic heterocycles. The highest BCUT2D eigenvalue weighted by Gasteiger charge is 2.33. The molecule has 2 heterocycles. The van der Waals surface area contributed by atoms with Crippen LogP contribution in [0.1, 0.15) is 24.4 Å². The molecule has 0 unspecified atom stereocenters. The molecule has 0 radical (unpaired) electrons. The summed E-state index contributed by atoms with van der Waals surface area (Å²) in [6.45, 7) is 2.98. The van der Waals surface area contributed by atoms with E-state index in [-0.39, 0.29) is 11.8 Å². The van der Waals surface area contributed by atoms with Crippen LogP contribution in [0.4, 0.5) is 0 Å². The molecule has 2 aromatic carbocycles. The quantitative estimate of drug-likeness (QED) is 0.622. The number of hydrogen-bond acceptors (Lipinski definition) is 4. The number of amides is 1. The van der Waals surface area contributed by atoms with Gasteiger partial charge in [0.25, 0.3) is 0 Å². The van der Waals surface area contributed by atoms with Crippen molar-refractivity contribution in [2.45, 2.75) is 31.2 Å². The summed E-state index contributed by atoms with van der Waals surface area (Å²) in [4.78, 5) is 14.8. The van der Waals surface area contributed by atoms with Gasteiger partial charge in [0.2, 0.25) is 15.9 Å². The van der Waals surface area contributed by atoms with Crippen molar-refractivity contribution in [2.24, 2.45) is 5.92 Å². The molecule has 0 spiro atoms. The molecular formula is C23H26N2O4S. The van der Waals surface area contributed by atoms with Gasteiger partial charge in [-0.3, -0.25) is 4.79 Å². The van der Waals surface area contributed by atoms with Crippen LogP contribution in [0.15, 0.2) is 63.9 Å². The van der Waals surface area contributed by atoms with Crippen molar-refractivity contribution >= 4 is 26.7 Å². The monoisotopic (exact) mass is 426 g/mol. The molecule has 1 amide bonds. The smallest absolute Gasteiger partial charge is 0.243 e. The minimum atomic E-state index is -3.58. The van der Waals surface area contributed by atoms with Crippen LogP contribution in [0.5, 0.6) is 0 Å². The van der Waals surface area contributed by atoms with E-state index in [2.05, 4.69) is 0 Å². The van der Waals surface area contributed by atoms with E-state index in [1.807, 2.05) is 49.4 Å². The summed E-state index contributed by atoms with van der Waals surface area (Å²) in [6.07, 6.45) is 1.04. The zero-order valence-corrected chi connectivity index (χ0v) is 18.1. The fourth-order valence-electron chi connectivity index (χ4n) is 4.01. The molecule has 1 saturated heterocycles. The first-order valence-electron chi connectivity index (χ1n) is 10.1. The van der Waals surface area contributed by atoms with E-state index < -0.39 is 10.0 Å². The number of carbonyl (C=O) groups is 1. The number of benzene rings is 2. The van der Waals surface area contributed by atoms with Crippen LogP contribution in [-0.2, 0) is 21.4 Å². The molecule has 0 bridgehead atoms. The van der Waals surface area contributed by atoms with Gasteiger partial charge in [-0.25, -0.2) is 8.42 Å². The predicted molar refractivity (Wildman–Crippen MR) is 115 cm³/mol. The van der Waals surface area contributed by atoms with Gasteiger partial charge < -0.3 is 9.32 Å². The Morgan fingerprint density at radius 2 is 1.77 bits per heavy atom. The molecule has 3 aromatic rings. The van der Waals surface area contributed by atoms with E-state index in [0.29, 0.717) is 37.4 Å². The Bertz CT molecular complexity index is 1160. The first kappa shape index (κ1) is 20.6. The molecule has 6 nitrogen and oxygen atoms in total. The summed E-state index contributed by atoms with van der Waals surface area (Å²) >= 11 is 0. The molecular weight excluding hydrogens is 400 g/mol. The van der Waals surface area contributed by atoms with Crippen LogP contribution in [0.3, 0.4) is 0 Å². The van der Waals surface area contributed by atoms with Crippen molar-refractivity contribution in [3.8, 4) is 0 Å². The van der Waals surface area contributed by atoms with Gasteiger partial charge in [-0.1, -0.05) is 30.3 Å². The lowest BCUT2D eigenvalue weighted by molar-refractivity contribution is -0.136. The second-order valence-electron chi connectivity index (χ2n) is 7.89. The summed E-state index contributed by atoms with van der Waals surface area (Å²) in [5.41, 5.74) is 0. The van der Waals surface area contributed by atoms with E-state index in [1.54, 1.807) is 24.1 Å². The van der Waals surface area contributed by atoms with E-state index in [0.717, 1.165) is 22.3 Å². The minimum absolute atomic E-state index is 0.0341. The average Bonchev–Trinajstić information content (AvgIpc) is 3.17. The summed E-state index contributed by atoms with van der Waals surface area (Å²) < 4.78 is 33.3. The number of furan rings is 1. The molecule has 4 rings (SSSR count). The first-order chi connectivity index (χ1) is 14.3. The van der Waals surface area contributed by atoms with Crippen LogP contribution in [-0.4, -0.2) is 43.7 Å². The van der Waals surface area contributed by atoms with Crippen molar-refractivity contribution in [1.82, 2.24) is 9.21 Å². The predicted octanol–water partition coefficient (Wildman–Crippen LogP) is 3.80. The number of piperidine rings is 1. The summed E-state index contributed by atoms with van der Waals surface area (Å²) in [7, 11) is -1.81. The van der Waals surface area contributed by atoms with Gasteiger partial charge in [0.15, 0.2) is 0 Å². The topological polar surface area (TPSA) is 70.8 Å². The highest BCUT2D eigenvalue weighted by atomic mass is 32.2. The fourth-order valence-corrected chi connectivity index (χ4v) is 5.52. The van der Waals surface area contributed by atoms with E-state index in [1.165, 1.54) is 4.31 Å². The highest BCUT2D eigenvalue weighted by molar-refractivity contribution is 7.89. The average molecular weight is 427 g/mol. The summed E-state index contributed by atoms with van der Waals surface area (Å²) in [5.74, 6) is 1.43. The minimum Gasteiger partial charge on any atom is -0.464 e. The second-order valence-corrected chi connectivity index (χ2v) is 9.83. The normalized spacial score (nSPS) is 16.1. The van der Waals surface area contributed by atoms with Gasteiger partial charge in [0.1, 0.15) is 11.5 Å². The van der Waals surface area contributed by atoms with E-state index in [9.17, 15) is 13.2 Å². The van der Waals surface area contributed by atoms with Crippen LogP contribution in [0.2, 0.25) is 0 Å². The van der Waals surface area contributed by atoms with Gasteiger partial charge in [-0.15, -0.1) is 0 Å². The third-order valence-electron chi connectivity index (χ3n) is 5.73. The Morgan fingerprint density at radius 1 is 1.07 bits per heavy atom. The van der Waals surface area contributed by atoms with Gasteiger partial charge in [0.05, 0.1) is 11.4 Å². The van der Waals surface area contributed by atoms with Crippen LogP contribution >= 0.6 is 0 Å². The molecule has 1 aliphatic rings. The van der Waals surface area contributed by atoms with Crippen molar-refractivity contribution in [3.05, 3.63) is 66.1 Å². The van der Waals surface area contributed by atoms with Crippen molar-refractivity contribution in [3.63, 3.8) is 0 Å². The zero-order valence-electron chi connectivity index (χ0n) is 17.2. The Labute approximate surface area is 177 Å². The van der Waals surface area contributed by atoms with Crippen molar-refractivity contribution in [1.29, 1.82) is 0 Å². The van der Waals surface area contributed by atoms with E-state index in [4.69, 9.17) is 4.42 Å². The molecule has 0 aliphatic carbocycles. The summed E-state index contributed by atoms with van der Waals surface area (Å²) in [6, 6.07) is 16.7. The number of nitrogens with zero attached hydrogens (tertiary/aromatic N) is 2. The Hall–Kier alpha value is -2.64. The Balaban J connectivity index is 1.40. The first-order valence-corrected chi connectivity index (χ1v) is 11.6. The molecule has 0 atom stereocenters. The fraction of sp³-hybridized carbons (Fsp3) is 0.348. The number of hydrogen-bond donors (Lipinski definition) is 0. The van der Waals surface area contributed by atoms with Crippen LogP contribution < -0.4 is 0 Å². The van der Waals surface area contributed by atoms with Crippen LogP contribution in [0, 0.1) is 12.8 Å². The summed E-state index contributed by atoms with van der Waals surface area (Å²) in [5, 5.41) is 1.91. The molecule has 1 aliphatic heterocycles. The molecule has 1 fully saturated rings. The molecule has 0 N–H and O–H groups in total. The number of sulfonamides is 1. The second kappa shape index (κ2) is 8.24. The standard InChI is InChI=1S/C23H26N2O4S/c1-17-7-9-21(29-17)16-24(2)23(26)19-11-13-25(14-12-19)30(27,28)22-10-8-18-5-3-4-6-20(18)15-22/h3-10,15,19H,11-14,16H2,1-2H3. The number of rotatable bonds is 5. The van der Waals surface area contributed by atoms with Gasteiger partial charge in [0, 0.05) is 26.1 Å². The molecule has 7 heteroatoms. The number of carbonyl (C=O) groups excluding carboxylic acids is 1. The molecule has 30 heavy (non-hydrogen) atoms.